The summed E-state index contributed by atoms with van der Waals surface area (Å²) < 4.78 is 46.2. The molecular formula is C62H41N5. The SMILES string of the molecule is [2H]c1c([2H])c([2H])c(-c2ccc(-c3nc(-n4c5ccccc5c5cc(C6=CC7c8ccccc8N(c8ccc9c%10ccccc%10n(-c%10ccccc%10)c9c8)C7C=C6)ccc54)nc4ccccc34)cc2)c([2H])c1[2H]. The molecule has 2 atom stereocenters. The summed E-state index contributed by atoms with van der Waals surface area (Å²) in [6, 6.07) is 64.0. The van der Waals surface area contributed by atoms with Gasteiger partial charge in [0.1, 0.15) is 0 Å². The van der Waals surface area contributed by atoms with Crippen LogP contribution in [0.1, 0.15) is 23.9 Å². The van der Waals surface area contributed by atoms with E-state index in [0.717, 1.165) is 60.9 Å². The van der Waals surface area contributed by atoms with E-state index in [0.29, 0.717) is 11.5 Å². The monoisotopic (exact) mass is 860 g/mol. The summed E-state index contributed by atoms with van der Waals surface area (Å²) in [7, 11) is 0. The van der Waals surface area contributed by atoms with Gasteiger partial charge in [0.25, 0.3) is 0 Å². The van der Waals surface area contributed by atoms with Gasteiger partial charge >= 0.3 is 0 Å². The first-order valence-electron chi connectivity index (χ1n) is 25.2. The Morgan fingerprint density at radius 2 is 1.10 bits per heavy atom. The molecule has 0 N–H and O–H groups in total. The number of aromatic nitrogens is 4. The Kier molecular flexibility index (Phi) is 7.28. The second-order valence-electron chi connectivity index (χ2n) is 17.4. The van der Waals surface area contributed by atoms with Crippen molar-refractivity contribution in [3.05, 3.63) is 248 Å². The van der Waals surface area contributed by atoms with Gasteiger partial charge in [-0.15, -0.1) is 0 Å². The predicted molar refractivity (Wildman–Crippen MR) is 278 cm³/mol. The number of hydrogen-bond acceptors (Lipinski definition) is 3. The van der Waals surface area contributed by atoms with Gasteiger partial charge in [0.2, 0.25) is 5.95 Å². The topological polar surface area (TPSA) is 38.9 Å². The van der Waals surface area contributed by atoms with Crippen LogP contribution in [0.2, 0.25) is 0 Å². The van der Waals surface area contributed by atoms with Crippen LogP contribution in [0.4, 0.5) is 11.4 Å². The highest BCUT2D eigenvalue weighted by Crippen LogP contribution is 2.50. The van der Waals surface area contributed by atoms with Crippen molar-refractivity contribution < 1.29 is 6.85 Å². The maximum absolute atomic E-state index is 8.56. The summed E-state index contributed by atoms with van der Waals surface area (Å²) in [4.78, 5) is 13.0. The lowest BCUT2D eigenvalue weighted by Crippen LogP contribution is -2.29. The molecule has 5 nitrogen and oxygen atoms in total. The summed E-state index contributed by atoms with van der Waals surface area (Å²) in [6.45, 7) is 0. The molecule has 314 valence electrons. The van der Waals surface area contributed by atoms with E-state index in [2.05, 4.69) is 166 Å². The van der Waals surface area contributed by atoms with Crippen LogP contribution in [0.25, 0.3) is 94.1 Å². The van der Waals surface area contributed by atoms with Crippen LogP contribution in [0.15, 0.2) is 236 Å². The zero-order valence-corrected chi connectivity index (χ0v) is 36.0. The van der Waals surface area contributed by atoms with E-state index in [1.54, 1.807) is 12.1 Å². The number of para-hydroxylation sites is 5. The molecule has 5 heteroatoms. The van der Waals surface area contributed by atoms with Gasteiger partial charge in [0.05, 0.1) is 46.2 Å². The average molecular weight is 861 g/mol. The van der Waals surface area contributed by atoms with E-state index in [9.17, 15) is 0 Å². The summed E-state index contributed by atoms with van der Waals surface area (Å²) in [5, 5.41) is 5.53. The van der Waals surface area contributed by atoms with E-state index in [-0.39, 0.29) is 41.7 Å². The average Bonchev–Trinajstić information content (AvgIpc) is 4.07. The molecule has 2 unspecified atom stereocenters. The Balaban J connectivity index is 0.850. The summed E-state index contributed by atoms with van der Waals surface area (Å²) in [5.74, 6) is 0.659. The van der Waals surface area contributed by atoms with E-state index in [1.807, 2.05) is 42.5 Å². The molecule has 14 rings (SSSR count). The van der Waals surface area contributed by atoms with Gasteiger partial charge in [-0.05, 0) is 88.5 Å². The fraction of sp³-hybridized carbons (Fsp3) is 0.0323. The van der Waals surface area contributed by atoms with Gasteiger partial charge in [-0.3, -0.25) is 4.57 Å². The molecule has 0 amide bonds. The van der Waals surface area contributed by atoms with E-state index in [1.165, 1.54) is 38.6 Å². The van der Waals surface area contributed by atoms with Crippen molar-refractivity contribution in [3.63, 3.8) is 0 Å². The van der Waals surface area contributed by atoms with E-state index < -0.39 is 6.04 Å². The van der Waals surface area contributed by atoms with Gasteiger partial charge in [0, 0.05) is 55.5 Å². The smallest absolute Gasteiger partial charge is 0.235 e. The Morgan fingerprint density at radius 3 is 1.94 bits per heavy atom. The molecule has 3 aromatic heterocycles. The Hall–Kier alpha value is -8.80. The lowest BCUT2D eigenvalue weighted by molar-refractivity contribution is 0.747. The third kappa shape index (κ3) is 5.88. The highest BCUT2D eigenvalue weighted by atomic mass is 15.2. The zero-order chi connectivity index (χ0) is 48.4. The van der Waals surface area contributed by atoms with Crippen LogP contribution in [0, 0.1) is 0 Å². The quantitative estimate of drug-likeness (QED) is 0.167. The molecule has 1 aliphatic heterocycles. The van der Waals surface area contributed by atoms with Crippen LogP contribution < -0.4 is 4.90 Å². The Morgan fingerprint density at radius 1 is 0.448 bits per heavy atom. The normalized spacial score (nSPS) is 16.5. The number of fused-ring (bicyclic) bond motifs is 10. The molecule has 0 bridgehead atoms. The molecular weight excluding hydrogens is 815 g/mol. The van der Waals surface area contributed by atoms with Crippen molar-refractivity contribution in [2.45, 2.75) is 12.0 Å². The molecule has 0 spiro atoms. The highest BCUT2D eigenvalue weighted by Gasteiger charge is 2.38. The van der Waals surface area contributed by atoms with Gasteiger partial charge in [-0.25, -0.2) is 9.97 Å². The lowest BCUT2D eigenvalue weighted by Gasteiger charge is -2.30. The zero-order valence-electron chi connectivity index (χ0n) is 41.0. The third-order valence-corrected chi connectivity index (χ3v) is 13.7. The van der Waals surface area contributed by atoms with Crippen molar-refractivity contribution in [3.8, 4) is 34.0 Å². The first-order chi connectivity index (χ1) is 35.3. The van der Waals surface area contributed by atoms with E-state index >= 15 is 0 Å². The molecule has 9 aromatic carbocycles. The second-order valence-corrected chi connectivity index (χ2v) is 17.4. The largest absolute Gasteiger partial charge is 0.333 e. The van der Waals surface area contributed by atoms with Crippen LogP contribution in [-0.4, -0.2) is 25.1 Å². The van der Waals surface area contributed by atoms with Crippen molar-refractivity contribution >= 4 is 71.5 Å². The first kappa shape index (κ1) is 32.8. The third-order valence-electron chi connectivity index (χ3n) is 13.7. The van der Waals surface area contributed by atoms with Crippen molar-refractivity contribution in [2.75, 3.05) is 4.90 Å². The molecule has 0 saturated heterocycles. The molecule has 0 radical (unpaired) electrons. The standard InChI is InChI=1S/C62H41N5/c1-3-15-40(16-4-1)41-27-29-42(30-28-41)61-51-22-7-11-23-54(51)63-62(64-61)67-57-26-14-10-21-49(57)53-38-44(32-36-59(53)67)43-31-35-58-52(37-43)48-20-9-13-25-56(48)66(58)46-33-34-50-47-19-8-12-24-55(47)65(60(50)39-46)45-17-5-2-6-18-45/h1-39,52,58H/i1D,3D,4D,15D,16D. The molecule has 1 aliphatic carbocycles. The first-order valence-corrected chi connectivity index (χ1v) is 22.7. The van der Waals surface area contributed by atoms with Crippen molar-refractivity contribution in [2.24, 2.45) is 0 Å². The Bertz CT molecular complexity index is 4280. The number of nitrogens with zero attached hydrogens (tertiary/aromatic N) is 5. The number of hydrogen-bond donors (Lipinski definition) is 0. The molecule has 4 heterocycles. The second kappa shape index (κ2) is 14.9. The Labute approximate surface area is 394 Å². The van der Waals surface area contributed by atoms with Gasteiger partial charge in [-0.2, -0.15) is 0 Å². The number of benzene rings is 9. The van der Waals surface area contributed by atoms with Crippen LogP contribution in [0.5, 0.6) is 0 Å². The fourth-order valence-electron chi connectivity index (χ4n) is 10.7. The van der Waals surface area contributed by atoms with Crippen molar-refractivity contribution in [1.82, 2.24) is 19.1 Å². The highest BCUT2D eigenvalue weighted by molar-refractivity contribution is 6.11. The van der Waals surface area contributed by atoms with Crippen LogP contribution >= 0.6 is 0 Å². The minimum atomic E-state index is -0.412. The molecule has 12 aromatic rings. The number of anilines is 2. The summed E-state index contributed by atoms with van der Waals surface area (Å²) in [6.07, 6.45) is 7.12. The number of allylic oxidation sites excluding steroid dienone is 2. The maximum atomic E-state index is 8.56. The summed E-state index contributed by atoms with van der Waals surface area (Å²) in [5.41, 5.74) is 14.5. The lowest BCUT2D eigenvalue weighted by atomic mass is 9.86. The number of rotatable bonds is 6. The molecule has 0 saturated carbocycles. The maximum Gasteiger partial charge on any atom is 0.235 e. The fourth-order valence-corrected chi connectivity index (χ4v) is 10.7. The molecule has 0 fully saturated rings. The minimum Gasteiger partial charge on any atom is -0.333 e. The summed E-state index contributed by atoms with van der Waals surface area (Å²) >= 11 is 0. The molecule has 2 aliphatic rings. The van der Waals surface area contributed by atoms with Gasteiger partial charge < -0.3 is 9.47 Å². The molecule has 67 heavy (non-hydrogen) atoms. The minimum absolute atomic E-state index is 0.0898. The van der Waals surface area contributed by atoms with Crippen LogP contribution in [0.3, 0.4) is 0 Å². The van der Waals surface area contributed by atoms with Gasteiger partial charge in [0.15, 0.2) is 0 Å². The predicted octanol–water partition coefficient (Wildman–Crippen LogP) is 15.4. The van der Waals surface area contributed by atoms with Gasteiger partial charge in [-0.1, -0.05) is 176 Å². The van der Waals surface area contributed by atoms with E-state index in [4.69, 9.17) is 16.8 Å². The van der Waals surface area contributed by atoms with Crippen LogP contribution in [-0.2, 0) is 0 Å². The van der Waals surface area contributed by atoms with Crippen molar-refractivity contribution in [1.29, 1.82) is 0 Å².